The van der Waals surface area contributed by atoms with Crippen LogP contribution in [0.4, 0.5) is 4.39 Å². The predicted octanol–water partition coefficient (Wildman–Crippen LogP) is 2.93. The van der Waals surface area contributed by atoms with Crippen LogP contribution in [0.1, 0.15) is 37.7 Å². The lowest BCUT2D eigenvalue weighted by molar-refractivity contribution is -0.139. The van der Waals surface area contributed by atoms with E-state index in [2.05, 4.69) is 5.32 Å². The molecular weight excluding hydrogens is 297 g/mol. The van der Waals surface area contributed by atoms with Gasteiger partial charge in [-0.05, 0) is 30.5 Å². The topological polar surface area (TPSA) is 66.4 Å². The number of carbonyl (C=O) groups is 2. The Balaban J connectivity index is 2.04. The van der Waals surface area contributed by atoms with Crippen molar-refractivity contribution < 1.29 is 19.1 Å². The molecule has 4 nitrogen and oxygen atoms in total. The first-order valence-corrected chi connectivity index (χ1v) is 7.25. The number of carboxylic acid groups (broad SMARTS) is 1. The number of amides is 1. The number of carbonyl (C=O) groups excluding carboxylic acids is 1. The van der Waals surface area contributed by atoms with Crippen LogP contribution < -0.4 is 5.32 Å². The third-order valence-electron chi connectivity index (χ3n) is 3.82. The van der Waals surface area contributed by atoms with Gasteiger partial charge in [-0.15, -0.1) is 0 Å². The van der Waals surface area contributed by atoms with E-state index in [1.165, 1.54) is 12.1 Å². The van der Waals surface area contributed by atoms with Crippen molar-refractivity contribution in [3.05, 3.63) is 34.6 Å². The second-order valence-electron chi connectivity index (χ2n) is 5.52. The van der Waals surface area contributed by atoms with Crippen LogP contribution in [-0.2, 0) is 16.0 Å². The summed E-state index contributed by atoms with van der Waals surface area (Å²) in [6.07, 6.45) is 3.09. The summed E-state index contributed by atoms with van der Waals surface area (Å²) < 4.78 is 13.0. The maximum atomic E-state index is 13.0. The van der Waals surface area contributed by atoms with E-state index in [1.807, 2.05) is 0 Å². The summed E-state index contributed by atoms with van der Waals surface area (Å²) in [6, 6.07) is 3.87. The lowest BCUT2D eigenvalue weighted by atomic mass is 9.92. The van der Waals surface area contributed by atoms with Crippen LogP contribution in [0.15, 0.2) is 18.2 Å². The van der Waals surface area contributed by atoms with E-state index in [0.717, 1.165) is 18.9 Å². The Morgan fingerprint density at radius 2 is 2.00 bits per heavy atom. The zero-order chi connectivity index (χ0) is 15.5. The van der Waals surface area contributed by atoms with Gasteiger partial charge in [0.15, 0.2) is 0 Å². The van der Waals surface area contributed by atoms with Crippen molar-refractivity contribution in [2.24, 2.45) is 0 Å². The van der Waals surface area contributed by atoms with Crippen LogP contribution in [0.2, 0.25) is 5.02 Å². The smallest absolute Gasteiger partial charge is 0.305 e. The highest BCUT2D eigenvalue weighted by Gasteiger charge is 2.37. The monoisotopic (exact) mass is 313 g/mol. The minimum absolute atomic E-state index is 0.0144. The Hall–Kier alpha value is -1.62. The lowest BCUT2D eigenvalue weighted by Gasteiger charge is -2.28. The molecule has 0 aliphatic heterocycles. The lowest BCUT2D eigenvalue weighted by Crippen LogP contribution is -2.48. The third kappa shape index (κ3) is 4.17. The van der Waals surface area contributed by atoms with Crippen molar-refractivity contribution in [2.75, 3.05) is 0 Å². The summed E-state index contributed by atoms with van der Waals surface area (Å²) in [4.78, 5) is 23.1. The Morgan fingerprint density at radius 1 is 1.33 bits per heavy atom. The zero-order valence-corrected chi connectivity index (χ0v) is 12.3. The average molecular weight is 314 g/mol. The number of carboxylic acids is 1. The molecule has 0 heterocycles. The van der Waals surface area contributed by atoms with Crippen LogP contribution in [0.5, 0.6) is 0 Å². The molecule has 0 atom stereocenters. The van der Waals surface area contributed by atoms with Crippen molar-refractivity contribution >= 4 is 23.5 Å². The van der Waals surface area contributed by atoms with Gasteiger partial charge in [-0.25, -0.2) is 4.39 Å². The Bertz CT molecular complexity index is 556. The van der Waals surface area contributed by atoms with E-state index in [9.17, 15) is 14.0 Å². The van der Waals surface area contributed by atoms with Crippen molar-refractivity contribution in [1.82, 2.24) is 5.32 Å². The number of benzene rings is 1. The molecule has 0 saturated heterocycles. The summed E-state index contributed by atoms with van der Waals surface area (Å²) in [5, 5.41) is 12.0. The summed E-state index contributed by atoms with van der Waals surface area (Å²) in [5.41, 5.74) is -0.130. The fourth-order valence-corrected chi connectivity index (χ4v) is 3.10. The Kier molecular flexibility index (Phi) is 4.83. The molecule has 1 aliphatic carbocycles. The second kappa shape index (κ2) is 6.43. The number of hydrogen-bond acceptors (Lipinski definition) is 2. The van der Waals surface area contributed by atoms with Gasteiger partial charge in [-0.1, -0.05) is 30.5 Å². The molecule has 0 unspecified atom stereocenters. The zero-order valence-electron chi connectivity index (χ0n) is 11.5. The molecule has 1 aromatic rings. The molecular formula is C15H17ClFNO3. The minimum Gasteiger partial charge on any atom is -0.481 e. The van der Waals surface area contributed by atoms with E-state index >= 15 is 0 Å². The number of aliphatic carboxylic acids is 1. The van der Waals surface area contributed by atoms with E-state index in [-0.39, 0.29) is 23.8 Å². The maximum absolute atomic E-state index is 13.0. The first kappa shape index (κ1) is 15.8. The highest BCUT2D eigenvalue weighted by molar-refractivity contribution is 6.31. The molecule has 114 valence electrons. The SMILES string of the molecule is O=C(O)CC1(NC(=O)Cc2ccc(F)cc2Cl)CCCC1. The van der Waals surface area contributed by atoms with Gasteiger partial charge in [-0.3, -0.25) is 9.59 Å². The Morgan fingerprint density at radius 3 is 2.57 bits per heavy atom. The highest BCUT2D eigenvalue weighted by atomic mass is 35.5. The third-order valence-corrected chi connectivity index (χ3v) is 4.17. The van der Waals surface area contributed by atoms with E-state index < -0.39 is 17.3 Å². The molecule has 1 aliphatic rings. The predicted molar refractivity (Wildman–Crippen MR) is 76.7 cm³/mol. The van der Waals surface area contributed by atoms with Crippen molar-refractivity contribution in [3.63, 3.8) is 0 Å². The van der Waals surface area contributed by atoms with Crippen molar-refractivity contribution in [1.29, 1.82) is 0 Å². The van der Waals surface area contributed by atoms with Crippen LogP contribution >= 0.6 is 11.6 Å². The quantitative estimate of drug-likeness (QED) is 0.878. The maximum Gasteiger partial charge on any atom is 0.305 e. The summed E-state index contributed by atoms with van der Waals surface area (Å²) in [5.74, 6) is -1.66. The van der Waals surface area contributed by atoms with Crippen molar-refractivity contribution in [3.8, 4) is 0 Å². The fraction of sp³-hybridized carbons (Fsp3) is 0.467. The minimum atomic E-state index is -0.919. The molecule has 21 heavy (non-hydrogen) atoms. The molecule has 1 saturated carbocycles. The molecule has 6 heteroatoms. The average Bonchev–Trinajstić information content (AvgIpc) is 2.80. The number of nitrogens with one attached hydrogen (secondary N) is 1. The summed E-state index contributed by atoms with van der Waals surface area (Å²) in [6.45, 7) is 0. The van der Waals surface area contributed by atoms with Crippen molar-refractivity contribution in [2.45, 2.75) is 44.1 Å². The largest absolute Gasteiger partial charge is 0.481 e. The van der Waals surface area contributed by atoms with Crippen LogP contribution in [0.25, 0.3) is 0 Å². The molecule has 0 radical (unpaired) electrons. The van der Waals surface area contributed by atoms with Gasteiger partial charge in [0.05, 0.1) is 18.4 Å². The first-order valence-electron chi connectivity index (χ1n) is 6.87. The molecule has 1 fully saturated rings. The Labute approximate surface area is 127 Å². The van der Waals surface area contributed by atoms with E-state index in [4.69, 9.17) is 16.7 Å². The van der Waals surface area contributed by atoms with Gasteiger partial charge >= 0.3 is 5.97 Å². The molecule has 1 aromatic carbocycles. The number of halogens is 2. The van der Waals surface area contributed by atoms with Gasteiger partial charge in [0.2, 0.25) is 5.91 Å². The van der Waals surface area contributed by atoms with Gasteiger partial charge in [0.1, 0.15) is 5.82 Å². The molecule has 1 amide bonds. The van der Waals surface area contributed by atoms with Gasteiger partial charge in [0, 0.05) is 5.02 Å². The highest BCUT2D eigenvalue weighted by Crippen LogP contribution is 2.32. The molecule has 2 N–H and O–H groups in total. The van der Waals surface area contributed by atoms with Crippen LogP contribution in [-0.4, -0.2) is 22.5 Å². The van der Waals surface area contributed by atoms with Gasteiger partial charge in [0.25, 0.3) is 0 Å². The first-order chi connectivity index (χ1) is 9.90. The normalized spacial score (nSPS) is 16.7. The standard InChI is InChI=1S/C15H17ClFNO3/c16-12-8-11(17)4-3-10(12)7-13(19)18-15(9-14(20)21)5-1-2-6-15/h3-4,8H,1-2,5-7,9H2,(H,18,19)(H,20,21). The van der Waals surface area contributed by atoms with E-state index in [0.29, 0.717) is 18.4 Å². The van der Waals surface area contributed by atoms with Crippen LogP contribution in [0.3, 0.4) is 0 Å². The van der Waals surface area contributed by atoms with E-state index in [1.54, 1.807) is 0 Å². The summed E-state index contributed by atoms with van der Waals surface area (Å²) in [7, 11) is 0. The molecule has 2 rings (SSSR count). The molecule has 0 bridgehead atoms. The second-order valence-corrected chi connectivity index (χ2v) is 5.93. The number of hydrogen-bond donors (Lipinski definition) is 2. The van der Waals surface area contributed by atoms with Gasteiger partial charge in [-0.2, -0.15) is 0 Å². The van der Waals surface area contributed by atoms with Gasteiger partial charge < -0.3 is 10.4 Å². The fourth-order valence-electron chi connectivity index (χ4n) is 2.87. The van der Waals surface area contributed by atoms with Crippen LogP contribution in [0, 0.1) is 5.82 Å². The summed E-state index contributed by atoms with van der Waals surface area (Å²) >= 11 is 5.90. The number of rotatable bonds is 5. The molecule has 0 aromatic heterocycles. The molecule has 0 spiro atoms.